The van der Waals surface area contributed by atoms with Crippen molar-refractivity contribution in [3.63, 3.8) is 0 Å². The third-order valence-electron chi connectivity index (χ3n) is 3.80. The quantitative estimate of drug-likeness (QED) is 0.371. The summed E-state index contributed by atoms with van der Waals surface area (Å²) in [5.41, 5.74) is 3.94. The Hall–Kier alpha value is -0.567. The number of aryl methyl sites for hydroxylation is 2. The Kier molecular flexibility index (Phi) is 10.9. The van der Waals surface area contributed by atoms with E-state index in [0.717, 1.165) is 6.42 Å². The molecule has 24 heavy (non-hydrogen) atoms. The van der Waals surface area contributed by atoms with Crippen LogP contribution in [0.2, 0.25) is 0 Å². The van der Waals surface area contributed by atoms with Gasteiger partial charge in [0.15, 0.2) is 0 Å². The first-order valence-corrected chi connectivity index (χ1v) is 7.27. The number of hydrogen-bond donors (Lipinski definition) is 0. The summed E-state index contributed by atoms with van der Waals surface area (Å²) in [6.07, 6.45) is 14.2. The van der Waals surface area contributed by atoms with Gasteiger partial charge in [-0.15, -0.1) is 41.0 Å². The molecule has 1 nitrogen and oxygen atoms in total. The molecule has 0 fully saturated rings. The molecule has 0 saturated heterocycles. The molecular weight excluding hydrogens is 505 g/mol. The molecule has 1 heterocycles. The van der Waals surface area contributed by atoms with Crippen LogP contribution in [0.3, 0.4) is 0 Å². The van der Waals surface area contributed by atoms with Crippen LogP contribution in [-0.4, -0.2) is 4.57 Å². The number of fused-ring (bicyclic) bond motifs is 1. The van der Waals surface area contributed by atoms with Gasteiger partial charge in [-0.25, -0.2) is 12.2 Å². The zero-order chi connectivity index (χ0) is 14.7. The van der Waals surface area contributed by atoms with E-state index in [-0.39, 0.29) is 60.2 Å². The van der Waals surface area contributed by atoms with Crippen LogP contribution in [0.5, 0.6) is 0 Å². The molecule has 1 aliphatic carbocycles. The monoisotopic (exact) mass is 521 g/mol. The topological polar surface area (TPSA) is 4.93 Å². The van der Waals surface area contributed by atoms with Crippen molar-refractivity contribution in [1.82, 2.24) is 4.57 Å². The second-order valence-corrected chi connectivity index (χ2v) is 5.33. The third-order valence-corrected chi connectivity index (χ3v) is 3.80. The molecule has 0 N–H and O–H groups in total. The van der Waals surface area contributed by atoms with Crippen LogP contribution in [0.1, 0.15) is 17.5 Å². The van der Waals surface area contributed by atoms with Crippen molar-refractivity contribution in [2.45, 2.75) is 20.3 Å². The van der Waals surface area contributed by atoms with Crippen LogP contribution in [0, 0.1) is 19.9 Å². The third kappa shape index (κ3) is 5.47. The molecular formula is C20H19Br2NZr. The van der Waals surface area contributed by atoms with E-state index < -0.39 is 0 Å². The van der Waals surface area contributed by atoms with Gasteiger partial charge in [0.25, 0.3) is 0 Å². The zero-order valence-electron chi connectivity index (χ0n) is 13.8. The standard InChI is InChI=1S/C15H14N.C5H5.2BrH.Zr/c1-11-5-6-12(2)15-10-13(9-14(11)15)16-7-3-4-8-16;1-2-4-5-3-1;;;/h3-10H,1-2H3;1-3H,4H2;2*1H;/q2*-1;;;+4/p-2. The number of nitrogens with zero attached hydrogens (tertiary/aromatic N) is 1. The van der Waals surface area contributed by atoms with Gasteiger partial charge in [0.05, 0.1) is 0 Å². The van der Waals surface area contributed by atoms with E-state index in [9.17, 15) is 0 Å². The SMILES string of the molecule is Cc1ccc(C)c2[cH-]c(-n3cccc3)cc12.[Br-].[Br-].[C-]1=CC=CC1.[Zr+4]. The van der Waals surface area contributed by atoms with E-state index in [1.165, 1.54) is 27.6 Å². The first-order chi connectivity index (χ1) is 10.3. The zero-order valence-corrected chi connectivity index (χ0v) is 19.4. The van der Waals surface area contributed by atoms with Gasteiger partial charge < -0.3 is 38.5 Å². The van der Waals surface area contributed by atoms with Crippen molar-refractivity contribution in [3.05, 3.63) is 84.2 Å². The van der Waals surface area contributed by atoms with Gasteiger partial charge in [0.1, 0.15) is 0 Å². The fourth-order valence-corrected chi connectivity index (χ4v) is 2.57. The van der Waals surface area contributed by atoms with E-state index in [2.05, 4.69) is 79.4 Å². The second kappa shape index (κ2) is 11.1. The molecule has 0 unspecified atom stereocenters. The molecule has 1 aliphatic rings. The van der Waals surface area contributed by atoms with Gasteiger partial charge in [-0.1, -0.05) is 18.6 Å². The van der Waals surface area contributed by atoms with Crippen molar-refractivity contribution in [3.8, 4) is 5.69 Å². The van der Waals surface area contributed by atoms with Crippen molar-refractivity contribution in [2.24, 2.45) is 0 Å². The van der Waals surface area contributed by atoms with Crippen LogP contribution < -0.4 is 34.0 Å². The number of aromatic nitrogens is 1. The summed E-state index contributed by atoms with van der Waals surface area (Å²) in [4.78, 5) is 0. The van der Waals surface area contributed by atoms with Crippen molar-refractivity contribution >= 4 is 10.8 Å². The molecule has 0 amide bonds. The fourth-order valence-electron chi connectivity index (χ4n) is 2.57. The molecule has 3 aromatic rings. The van der Waals surface area contributed by atoms with E-state index in [0.29, 0.717) is 0 Å². The number of benzene rings is 1. The summed E-state index contributed by atoms with van der Waals surface area (Å²) in [5.74, 6) is 0. The van der Waals surface area contributed by atoms with Crippen LogP contribution >= 0.6 is 0 Å². The number of halogens is 2. The Bertz CT molecular complexity index is 750. The largest absolute Gasteiger partial charge is 4.00 e. The van der Waals surface area contributed by atoms with Gasteiger partial charge in [-0.3, -0.25) is 6.08 Å². The minimum Gasteiger partial charge on any atom is -1.00 e. The van der Waals surface area contributed by atoms with Crippen molar-refractivity contribution in [1.29, 1.82) is 0 Å². The van der Waals surface area contributed by atoms with Crippen LogP contribution in [0.4, 0.5) is 0 Å². The van der Waals surface area contributed by atoms with E-state index in [1.54, 1.807) is 0 Å². The molecule has 122 valence electrons. The second-order valence-electron chi connectivity index (χ2n) is 5.33. The summed E-state index contributed by atoms with van der Waals surface area (Å²) < 4.78 is 2.15. The summed E-state index contributed by atoms with van der Waals surface area (Å²) >= 11 is 0. The predicted molar refractivity (Wildman–Crippen MR) is 89.9 cm³/mol. The Morgan fingerprint density at radius 3 is 2.21 bits per heavy atom. The van der Waals surface area contributed by atoms with Crippen molar-refractivity contribution in [2.75, 3.05) is 0 Å². The molecule has 4 rings (SSSR count). The first kappa shape index (κ1) is 23.4. The Morgan fingerprint density at radius 2 is 1.71 bits per heavy atom. The van der Waals surface area contributed by atoms with Gasteiger partial charge in [0, 0.05) is 12.4 Å². The first-order valence-electron chi connectivity index (χ1n) is 7.27. The summed E-state index contributed by atoms with van der Waals surface area (Å²) in [5, 5.41) is 2.73. The maximum absolute atomic E-state index is 2.99. The maximum Gasteiger partial charge on any atom is 4.00 e. The smallest absolute Gasteiger partial charge is 1.00 e. The average Bonchev–Trinajstić information content (AvgIpc) is 3.26. The molecule has 0 aliphatic heterocycles. The molecule has 0 spiro atoms. The van der Waals surface area contributed by atoms with Gasteiger partial charge >= 0.3 is 26.2 Å². The molecule has 0 radical (unpaired) electrons. The van der Waals surface area contributed by atoms with Crippen LogP contribution in [0.15, 0.2) is 67.0 Å². The molecule has 4 heteroatoms. The summed E-state index contributed by atoms with van der Waals surface area (Å²) in [6, 6.07) is 13.0. The Labute approximate surface area is 184 Å². The normalized spacial score (nSPS) is 11.1. The van der Waals surface area contributed by atoms with Crippen molar-refractivity contribution < 1.29 is 60.2 Å². The van der Waals surface area contributed by atoms with Gasteiger partial charge in [0.2, 0.25) is 0 Å². The predicted octanol–water partition coefficient (Wildman–Crippen LogP) is -0.723. The Balaban J connectivity index is 0.000000578. The Morgan fingerprint density at radius 1 is 1.04 bits per heavy atom. The molecule has 0 atom stereocenters. The van der Waals surface area contributed by atoms with Gasteiger partial charge in [-0.2, -0.15) is 6.08 Å². The van der Waals surface area contributed by atoms with Crippen LogP contribution in [-0.2, 0) is 26.2 Å². The van der Waals surface area contributed by atoms with E-state index >= 15 is 0 Å². The fraction of sp³-hybridized carbons (Fsp3) is 0.150. The van der Waals surface area contributed by atoms with E-state index in [1.807, 2.05) is 12.2 Å². The number of hydrogen-bond acceptors (Lipinski definition) is 0. The molecule has 1 aromatic heterocycles. The maximum atomic E-state index is 2.99. The van der Waals surface area contributed by atoms with Gasteiger partial charge in [-0.05, 0) is 24.7 Å². The molecule has 0 saturated carbocycles. The molecule has 0 bridgehead atoms. The average molecular weight is 524 g/mol. The number of rotatable bonds is 1. The minimum atomic E-state index is 0. The minimum absolute atomic E-state index is 0. The summed E-state index contributed by atoms with van der Waals surface area (Å²) in [6.45, 7) is 4.34. The summed E-state index contributed by atoms with van der Waals surface area (Å²) in [7, 11) is 0. The van der Waals surface area contributed by atoms with E-state index in [4.69, 9.17) is 0 Å². The molecule has 2 aromatic carbocycles. The number of allylic oxidation sites excluding steroid dienone is 4. The van der Waals surface area contributed by atoms with Crippen LogP contribution in [0.25, 0.3) is 16.5 Å².